The number of rotatable bonds is 6. The lowest BCUT2D eigenvalue weighted by molar-refractivity contribution is -0.117. The largest absolute Gasteiger partial charge is 0.504 e. The Bertz CT molecular complexity index is 965. The number of phenolic OH excluding ortho intramolecular Hbond substituents is 1. The number of aromatic hydroxyl groups is 1. The highest BCUT2D eigenvalue weighted by Gasteiger charge is 2.40. The molecule has 1 heterocycles. The molecule has 156 valence electrons. The van der Waals surface area contributed by atoms with Crippen molar-refractivity contribution in [2.45, 2.75) is 24.7 Å². The molecule has 0 bridgehead atoms. The highest BCUT2D eigenvalue weighted by Crippen LogP contribution is 2.45. The van der Waals surface area contributed by atoms with Gasteiger partial charge in [-0.1, -0.05) is 72.8 Å². The fourth-order valence-corrected chi connectivity index (χ4v) is 6.66. The molecule has 1 aliphatic rings. The number of aliphatic hydroxyl groups is 1. The van der Waals surface area contributed by atoms with E-state index in [0.29, 0.717) is 18.8 Å². The summed E-state index contributed by atoms with van der Waals surface area (Å²) < 4.78 is 26.0. The van der Waals surface area contributed by atoms with E-state index in [1.165, 1.54) is 6.07 Å². The second-order valence-electron chi connectivity index (χ2n) is 7.41. The quantitative estimate of drug-likeness (QED) is 0.594. The first-order valence-corrected chi connectivity index (χ1v) is 11.9. The molecule has 0 aromatic heterocycles. The van der Waals surface area contributed by atoms with Gasteiger partial charge in [0.1, 0.15) is 19.3 Å². The van der Waals surface area contributed by atoms with Gasteiger partial charge in [0.05, 0.1) is 12.7 Å². The van der Waals surface area contributed by atoms with Gasteiger partial charge in [-0.15, -0.1) is 0 Å². The van der Waals surface area contributed by atoms with Gasteiger partial charge >= 0.3 is 0 Å². The van der Waals surface area contributed by atoms with Gasteiger partial charge in [-0.25, -0.2) is 0 Å². The molecule has 3 aromatic rings. The molecule has 1 aliphatic heterocycles. The SMILES string of the molecule is O=P(C[C@H]1OCC[C@@H](Oc2ccccc2O)C1O)(c1ccccc1)c1ccccc1. The molecule has 0 amide bonds. The smallest absolute Gasteiger partial charge is 0.161 e. The van der Waals surface area contributed by atoms with Crippen LogP contribution in [-0.2, 0) is 9.30 Å². The Kier molecular flexibility index (Phi) is 6.24. The number of ether oxygens (including phenoxy) is 2. The first-order chi connectivity index (χ1) is 14.6. The maximum Gasteiger partial charge on any atom is 0.161 e. The molecule has 3 atom stereocenters. The van der Waals surface area contributed by atoms with E-state index < -0.39 is 25.5 Å². The van der Waals surface area contributed by atoms with Crippen molar-refractivity contribution < 1.29 is 24.3 Å². The van der Waals surface area contributed by atoms with Crippen LogP contribution in [0.15, 0.2) is 84.9 Å². The van der Waals surface area contributed by atoms with Crippen LogP contribution in [0.1, 0.15) is 6.42 Å². The molecule has 0 radical (unpaired) electrons. The minimum Gasteiger partial charge on any atom is -0.504 e. The molecule has 3 aromatic carbocycles. The van der Waals surface area contributed by atoms with Crippen molar-refractivity contribution in [1.82, 2.24) is 0 Å². The van der Waals surface area contributed by atoms with Crippen molar-refractivity contribution in [3.63, 3.8) is 0 Å². The van der Waals surface area contributed by atoms with Gasteiger partial charge < -0.3 is 24.3 Å². The summed E-state index contributed by atoms with van der Waals surface area (Å²) in [5.41, 5.74) is 0. The van der Waals surface area contributed by atoms with E-state index in [-0.39, 0.29) is 11.9 Å². The highest BCUT2D eigenvalue weighted by molar-refractivity contribution is 7.78. The Labute approximate surface area is 176 Å². The van der Waals surface area contributed by atoms with Gasteiger partial charge in [0.25, 0.3) is 0 Å². The van der Waals surface area contributed by atoms with Crippen LogP contribution >= 0.6 is 7.14 Å². The molecular weight excluding hydrogens is 399 g/mol. The van der Waals surface area contributed by atoms with Gasteiger partial charge in [0, 0.05) is 23.2 Å². The second kappa shape index (κ2) is 9.05. The molecule has 5 nitrogen and oxygen atoms in total. The number of hydrogen-bond acceptors (Lipinski definition) is 5. The highest BCUT2D eigenvalue weighted by atomic mass is 31.2. The lowest BCUT2D eigenvalue weighted by atomic mass is 10.0. The van der Waals surface area contributed by atoms with Crippen LogP contribution in [0.2, 0.25) is 0 Å². The molecule has 0 aliphatic carbocycles. The third kappa shape index (κ3) is 4.29. The number of phenols is 1. The summed E-state index contributed by atoms with van der Waals surface area (Å²) in [6.45, 7) is 0.379. The van der Waals surface area contributed by atoms with E-state index >= 15 is 0 Å². The van der Waals surface area contributed by atoms with Gasteiger partial charge in [0.2, 0.25) is 0 Å². The summed E-state index contributed by atoms with van der Waals surface area (Å²) in [5, 5.41) is 22.4. The Hall–Kier alpha value is -2.59. The first kappa shape index (κ1) is 20.7. The van der Waals surface area contributed by atoms with E-state index in [1.807, 2.05) is 60.7 Å². The molecule has 0 spiro atoms. The van der Waals surface area contributed by atoms with Gasteiger partial charge in [-0.05, 0) is 12.1 Å². The Balaban J connectivity index is 1.60. The third-order valence-electron chi connectivity index (χ3n) is 5.42. The fraction of sp³-hybridized carbons (Fsp3) is 0.250. The molecule has 1 fully saturated rings. The van der Waals surface area contributed by atoms with Crippen LogP contribution in [0, 0.1) is 0 Å². The van der Waals surface area contributed by atoms with Gasteiger partial charge in [-0.3, -0.25) is 0 Å². The zero-order valence-corrected chi connectivity index (χ0v) is 17.4. The van der Waals surface area contributed by atoms with E-state index in [1.54, 1.807) is 18.2 Å². The Morgan fingerprint density at radius 1 is 0.900 bits per heavy atom. The summed E-state index contributed by atoms with van der Waals surface area (Å²) in [6, 6.07) is 25.4. The average Bonchev–Trinajstić information content (AvgIpc) is 2.79. The van der Waals surface area contributed by atoms with Crippen LogP contribution in [0.5, 0.6) is 11.5 Å². The minimum absolute atomic E-state index is 0.0204. The van der Waals surface area contributed by atoms with Crippen molar-refractivity contribution in [3.05, 3.63) is 84.9 Å². The van der Waals surface area contributed by atoms with Crippen molar-refractivity contribution in [3.8, 4) is 11.5 Å². The normalized spacial score (nSPS) is 21.8. The van der Waals surface area contributed by atoms with E-state index in [2.05, 4.69) is 0 Å². The maximum atomic E-state index is 14.3. The van der Waals surface area contributed by atoms with Crippen molar-refractivity contribution in [2.75, 3.05) is 12.8 Å². The van der Waals surface area contributed by atoms with E-state index in [0.717, 1.165) is 10.6 Å². The molecule has 1 unspecified atom stereocenters. The Morgan fingerprint density at radius 3 is 2.07 bits per heavy atom. The van der Waals surface area contributed by atoms with Crippen LogP contribution in [0.4, 0.5) is 0 Å². The predicted octanol–water partition coefficient (Wildman–Crippen LogP) is 3.30. The summed E-state index contributed by atoms with van der Waals surface area (Å²) in [7, 11) is -3.04. The molecule has 1 saturated heterocycles. The molecule has 0 saturated carbocycles. The predicted molar refractivity (Wildman–Crippen MR) is 118 cm³/mol. The maximum absolute atomic E-state index is 14.3. The molecule has 6 heteroatoms. The minimum atomic E-state index is -3.04. The molecule has 30 heavy (non-hydrogen) atoms. The third-order valence-corrected chi connectivity index (χ3v) is 8.56. The zero-order valence-electron chi connectivity index (χ0n) is 16.5. The second-order valence-corrected chi connectivity index (χ2v) is 10.3. The van der Waals surface area contributed by atoms with Crippen molar-refractivity contribution in [1.29, 1.82) is 0 Å². The summed E-state index contributed by atoms with van der Waals surface area (Å²) in [6.07, 6.45) is -1.53. The van der Waals surface area contributed by atoms with Crippen LogP contribution < -0.4 is 15.3 Å². The van der Waals surface area contributed by atoms with Gasteiger partial charge in [0.15, 0.2) is 11.5 Å². The monoisotopic (exact) mass is 424 g/mol. The molecule has 2 N–H and O–H groups in total. The summed E-state index contributed by atoms with van der Waals surface area (Å²) >= 11 is 0. The number of hydrogen-bond donors (Lipinski definition) is 2. The van der Waals surface area contributed by atoms with Crippen LogP contribution in [0.25, 0.3) is 0 Å². The fourth-order valence-electron chi connectivity index (χ4n) is 3.80. The van der Waals surface area contributed by atoms with E-state index in [4.69, 9.17) is 9.47 Å². The topological polar surface area (TPSA) is 76.0 Å². The number of aliphatic hydroxyl groups excluding tert-OH is 1. The lowest BCUT2D eigenvalue weighted by Crippen LogP contribution is -2.49. The average molecular weight is 424 g/mol. The molecule has 4 rings (SSSR count). The van der Waals surface area contributed by atoms with Gasteiger partial charge in [-0.2, -0.15) is 0 Å². The summed E-state index contributed by atoms with van der Waals surface area (Å²) in [5.74, 6) is 0.337. The Morgan fingerprint density at radius 2 is 1.47 bits per heavy atom. The lowest BCUT2D eigenvalue weighted by Gasteiger charge is -2.36. The molecular formula is C24H25O5P. The summed E-state index contributed by atoms with van der Waals surface area (Å²) in [4.78, 5) is 0. The first-order valence-electron chi connectivity index (χ1n) is 10.0. The van der Waals surface area contributed by atoms with Crippen molar-refractivity contribution >= 4 is 17.8 Å². The zero-order chi connectivity index (χ0) is 21.0. The van der Waals surface area contributed by atoms with E-state index in [9.17, 15) is 14.8 Å². The van der Waals surface area contributed by atoms with Crippen molar-refractivity contribution in [2.24, 2.45) is 0 Å². The number of para-hydroxylation sites is 2. The number of benzene rings is 3. The standard InChI is InChI=1S/C24H25O5P/c25-20-13-7-8-14-21(20)29-22-15-16-28-23(24(22)26)17-30(27,18-9-3-1-4-10-18)19-11-5-2-6-12-19/h1-14,22-26H,15-17H2/t22-,23-,24?/m1/s1. The van der Waals surface area contributed by atoms with Crippen LogP contribution in [0.3, 0.4) is 0 Å². The van der Waals surface area contributed by atoms with Crippen LogP contribution in [-0.4, -0.2) is 41.3 Å².